The first-order chi connectivity index (χ1) is 12.7. The van der Waals surface area contributed by atoms with Crippen molar-refractivity contribution in [3.05, 3.63) is 65.5 Å². The van der Waals surface area contributed by atoms with Crippen LogP contribution in [0.1, 0.15) is 22.0 Å². The summed E-state index contributed by atoms with van der Waals surface area (Å²) in [6.07, 6.45) is 0. The van der Waals surface area contributed by atoms with Crippen LogP contribution in [0.5, 0.6) is 5.75 Å². The molecule has 0 unspecified atom stereocenters. The molecular formula is C20H23FN2O3. The van der Waals surface area contributed by atoms with Gasteiger partial charge in [0.1, 0.15) is 11.6 Å². The number of methoxy groups -OCH3 is 1. The zero-order valence-corrected chi connectivity index (χ0v) is 14.8. The van der Waals surface area contributed by atoms with E-state index in [1.165, 1.54) is 24.3 Å². The molecular weight excluding hydrogens is 335 g/mol. The third-order valence-electron chi connectivity index (χ3n) is 4.53. The fourth-order valence-electron chi connectivity index (χ4n) is 3.09. The summed E-state index contributed by atoms with van der Waals surface area (Å²) in [5.74, 6) is 0.209. The molecule has 3 rings (SSSR count). The Morgan fingerprint density at radius 1 is 1.23 bits per heavy atom. The van der Waals surface area contributed by atoms with Crippen molar-refractivity contribution in [1.29, 1.82) is 0 Å². The van der Waals surface area contributed by atoms with Crippen molar-refractivity contribution >= 4 is 5.91 Å². The van der Waals surface area contributed by atoms with Gasteiger partial charge in [-0.2, -0.15) is 0 Å². The Morgan fingerprint density at radius 2 is 1.96 bits per heavy atom. The number of hydrogen-bond acceptors (Lipinski definition) is 4. The van der Waals surface area contributed by atoms with Gasteiger partial charge in [-0.05, 0) is 42.0 Å². The van der Waals surface area contributed by atoms with Crippen molar-refractivity contribution in [1.82, 2.24) is 10.2 Å². The van der Waals surface area contributed by atoms with Crippen LogP contribution in [-0.2, 0) is 4.74 Å². The molecule has 1 heterocycles. The number of carbonyl (C=O) groups excluding carboxylic acids is 1. The predicted molar refractivity (Wildman–Crippen MR) is 96.9 cm³/mol. The first-order valence-electron chi connectivity index (χ1n) is 8.67. The van der Waals surface area contributed by atoms with Gasteiger partial charge in [-0.3, -0.25) is 9.69 Å². The Hall–Kier alpha value is -2.44. The zero-order valence-electron chi connectivity index (χ0n) is 14.8. The van der Waals surface area contributed by atoms with E-state index in [2.05, 4.69) is 10.2 Å². The molecule has 0 aromatic heterocycles. The van der Waals surface area contributed by atoms with Gasteiger partial charge < -0.3 is 14.8 Å². The highest BCUT2D eigenvalue weighted by Gasteiger charge is 2.23. The van der Waals surface area contributed by atoms with E-state index in [9.17, 15) is 9.18 Å². The highest BCUT2D eigenvalue weighted by Crippen LogP contribution is 2.25. The summed E-state index contributed by atoms with van der Waals surface area (Å²) < 4.78 is 23.8. The quantitative estimate of drug-likeness (QED) is 0.863. The molecule has 0 bridgehead atoms. The Kier molecular flexibility index (Phi) is 6.20. The van der Waals surface area contributed by atoms with Gasteiger partial charge in [-0.1, -0.05) is 12.1 Å². The van der Waals surface area contributed by atoms with Crippen LogP contribution in [0.15, 0.2) is 48.5 Å². The summed E-state index contributed by atoms with van der Waals surface area (Å²) in [5.41, 5.74) is 1.52. The largest absolute Gasteiger partial charge is 0.497 e. The molecule has 26 heavy (non-hydrogen) atoms. The van der Waals surface area contributed by atoms with Crippen LogP contribution in [0.25, 0.3) is 0 Å². The molecule has 1 aliphatic heterocycles. The number of hydrogen-bond donors (Lipinski definition) is 1. The number of halogens is 1. The Bertz CT molecular complexity index is 730. The van der Waals surface area contributed by atoms with Crippen molar-refractivity contribution in [3.8, 4) is 5.75 Å². The van der Waals surface area contributed by atoms with Crippen molar-refractivity contribution < 1.29 is 18.7 Å². The number of nitrogens with zero attached hydrogens (tertiary/aromatic N) is 1. The zero-order chi connectivity index (χ0) is 18.4. The summed E-state index contributed by atoms with van der Waals surface area (Å²) in [6, 6.07) is 13.4. The maximum atomic E-state index is 13.0. The number of ether oxygens (including phenoxy) is 2. The molecule has 1 fully saturated rings. The van der Waals surface area contributed by atoms with Crippen LogP contribution in [0.4, 0.5) is 4.39 Å². The van der Waals surface area contributed by atoms with Crippen molar-refractivity contribution in [3.63, 3.8) is 0 Å². The lowest BCUT2D eigenvalue weighted by atomic mass is 10.0. The molecule has 1 N–H and O–H groups in total. The summed E-state index contributed by atoms with van der Waals surface area (Å²) in [4.78, 5) is 14.7. The second-order valence-corrected chi connectivity index (χ2v) is 6.16. The lowest BCUT2D eigenvalue weighted by molar-refractivity contribution is 0.0162. The number of amides is 1. The second kappa shape index (κ2) is 8.78. The second-order valence-electron chi connectivity index (χ2n) is 6.16. The summed E-state index contributed by atoms with van der Waals surface area (Å²) in [5, 5.41) is 2.97. The molecule has 1 aliphatic rings. The first-order valence-corrected chi connectivity index (χ1v) is 8.67. The van der Waals surface area contributed by atoms with Crippen LogP contribution in [0.3, 0.4) is 0 Å². The third kappa shape index (κ3) is 4.59. The number of rotatable bonds is 6. The highest BCUT2D eigenvalue weighted by atomic mass is 19.1. The Morgan fingerprint density at radius 3 is 2.65 bits per heavy atom. The summed E-state index contributed by atoms with van der Waals surface area (Å²) >= 11 is 0. The molecule has 0 radical (unpaired) electrons. The fraction of sp³-hybridized carbons (Fsp3) is 0.350. The predicted octanol–water partition coefficient (Wildman–Crippen LogP) is 2.64. The van der Waals surface area contributed by atoms with Crippen LogP contribution >= 0.6 is 0 Å². The maximum Gasteiger partial charge on any atom is 0.251 e. The van der Waals surface area contributed by atoms with E-state index in [1.807, 2.05) is 24.3 Å². The molecule has 5 nitrogen and oxygen atoms in total. The van der Waals surface area contributed by atoms with Crippen LogP contribution in [-0.4, -0.2) is 50.8 Å². The first kappa shape index (κ1) is 18.4. The van der Waals surface area contributed by atoms with Crippen molar-refractivity contribution in [2.24, 2.45) is 0 Å². The molecule has 2 aromatic rings. The topological polar surface area (TPSA) is 50.8 Å². The number of nitrogens with one attached hydrogen (secondary N) is 1. The number of benzene rings is 2. The van der Waals surface area contributed by atoms with E-state index in [1.54, 1.807) is 7.11 Å². The number of carbonyl (C=O) groups is 1. The van der Waals surface area contributed by atoms with Gasteiger partial charge in [0.05, 0.1) is 26.4 Å². The minimum Gasteiger partial charge on any atom is -0.497 e. The van der Waals surface area contributed by atoms with E-state index in [4.69, 9.17) is 9.47 Å². The van der Waals surface area contributed by atoms with Gasteiger partial charge in [-0.25, -0.2) is 4.39 Å². The maximum absolute atomic E-state index is 13.0. The van der Waals surface area contributed by atoms with E-state index in [-0.39, 0.29) is 17.8 Å². The molecule has 0 aliphatic carbocycles. The fourth-order valence-corrected chi connectivity index (χ4v) is 3.09. The van der Waals surface area contributed by atoms with E-state index < -0.39 is 0 Å². The molecule has 6 heteroatoms. The van der Waals surface area contributed by atoms with Crippen LogP contribution < -0.4 is 10.1 Å². The van der Waals surface area contributed by atoms with Crippen LogP contribution in [0.2, 0.25) is 0 Å². The van der Waals surface area contributed by atoms with Crippen LogP contribution in [0, 0.1) is 5.82 Å². The van der Waals surface area contributed by atoms with E-state index in [0.29, 0.717) is 25.3 Å². The normalized spacial score (nSPS) is 16.1. The molecule has 1 atom stereocenters. The molecule has 138 valence electrons. The number of morpholine rings is 1. The SMILES string of the molecule is COc1cccc([C@H](CNC(=O)c2ccc(F)cc2)N2CCOCC2)c1. The van der Waals surface area contributed by atoms with Gasteiger partial charge in [0, 0.05) is 25.2 Å². The lowest BCUT2D eigenvalue weighted by Crippen LogP contribution is -2.43. The van der Waals surface area contributed by atoms with Gasteiger partial charge in [-0.15, -0.1) is 0 Å². The smallest absolute Gasteiger partial charge is 0.251 e. The highest BCUT2D eigenvalue weighted by molar-refractivity contribution is 5.94. The minimum absolute atomic E-state index is 0.0124. The molecule has 0 saturated carbocycles. The Labute approximate surface area is 152 Å². The van der Waals surface area contributed by atoms with Gasteiger partial charge in [0.25, 0.3) is 5.91 Å². The van der Waals surface area contributed by atoms with Crippen molar-refractivity contribution in [2.75, 3.05) is 40.0 Å². The standard InChI is InChI=1S/C20H23FN2O3/c1-25-18-4-2-3-16(13-18)19(23-9-11-26-12-10-23)14-22-20(24)15-5-7-17(21)8-6-15/h2-8,13,19H,9-12,14H2,1H3,(H,22,24)/t19-/m0/s1. The molecule has 1 saturated heterocycles. The average molecular weight is 358 g/mol. The van der Waals surface area contributed by atoms with Crippen molar-refractivity contribution in [2.45, 2.75) is 6.04 Å². The van der Waals surface area contributed by atoms with Gasteiger partial charge >= 0.3 is 0 Å². The lowest BCUT2D eigenvalue weighted by Gasteiger charge is -2.35. The third-order valence-corrected chi connectivity index (χ3v) is 4.53. The molecule has 0 spiro atoms. The summed E-state index contributed by atoms with van der Waals surface area (Å²) in [7, 11) is 1.64. The Balaban J connectivity index is 1.74. The van der Waals surface area contributed by atoms with E-state index in [0.717, 1.165) is 24.4 Å². The van der Waals surface area contributed by atoms with Gasteiger partial charge in [0.2, 0.25) is 0 Å². The van der Waals surface area contributed by atoms with Gasteiger partial charge in [0.15, 0.2) is 0 Å². The van der Waals surface area contributed by atoms with E-state index >= 15 is 0 Å². The monoisotopic (exact) mass is 358 g/mol. The average Bonchev–Trinajstić information content (AvgIpc) is 2.69. The summed E-state index contributed by atoms with van der Waals surface area (Å²) in [6.45, 7) is 3.39. The minimum atomic E-state index is -0.357. The molecule has 1 amide bonds. The molecule has 2 aromatic carbocycles.